The molecule has 0 fully saturated rings. The molecule has 148 valence electrons. The van der Waals surface area contributed by atoms with Gasteiger partial charge in [-0.25, -0.2) is 0 Å². The fourth-order valence-electron chi connectivity index (χ4n) is 2.67. The maximum Gasteiger partial charge on any atom is 0.318 e. The van der Waals surface area contributed by atoms with Gasteiger partial charge in [0.2, 0.25) is 5.91 Å². The van der Waals surface area contributed by atoms with Gasteiger partial charge in [-0.05, 0) is 31.5 Å². The summed E-state index contributed by atoms with van der Waals surface area (Å²) in [5.41, 5.74) is 5.35. The van der Waals surface area contributed by atoms with Crippen molar-refractivity contribution in [2.45, 2.75) is 24.2 Å². The summed E-state index contributed by atoms with van der Waals surface area (Å²) in [6, 6.07) is 16.2. The van der Waals surface area contributed by atoms with Gasteiger partial charge in [0.05, 0.1) is 17.9 Å². The summed E-state index contributed by atoms with van der Waals surface area (Å²) in [6.45, 7) is 3.81. The topological polar surface area (TPSA) is 98.5 Å². The molecular formula is C21H24N2O4S. The Balaban J connectivity index is 2.21. The Labute approximate surface area is 168 Å². The van der Waals surface area contributed by atoms with E-state index in [1.807, 2.05) is 30.3 Å². The molecule has 0 aliphatic carbocycles. The number of hydrogen-bond donors (Lipinski definition) is 2. The maximum atomic E-state index is 12.8. The molecule has 28 heavy (non-hydrogen) atoms. The van der Waals surface area contributed by atoms with E-state index in [1.165, 1.54) is 11.8 Å². The molecule has 0 spiro atoms. The lowest BCUT2D eigenvalue weighted by Gasteiger charge is -2.28. The first kappa shape index (κ1) is 21.5. The Hall–Kier alpha value is -2.80. The van der Waals surface area contributed by atoms with Gasteiger partial charge in [-0.15, -0.1) is 11.8 Å². The van der Waals surface area contributed by atoms with Crippen molar-refractivity contribution in [3.63, 3.8) is 0 Å². The lowest BCUT2D eigenvalue weighted by atomic mass is 9.82. The third-order valence-corrected chi connectivity index (χ3v) is 5.34. The minimum absolute atomic E-state index is 0.0729. The summed E-state index contributed by atoms with van der Waals surface area (Å²) >= 11 is 1.20. The van der Waals surface area contributed by atoms with Gasteiger partial charge < -0.3 is 15.8 Å². The second-order valence-corrected chi connectivity index (χ2v) is 7.37. The molecule has 0 aliphatic rings. The molecule has 7 heteroatoms. The quantitative estimate of drug-likeness (QED) is 0.498. The second-order valence-electron chi connectivity index (χ2n) is 6.35. The third-order valence-electron chi connectivity index (χ3n) is 4.24. The molecular weight excluding hydrogens is 376 g/mol. The molecule has 0 heterocycles. The Kier molecular flexibility index (Phi) is 7.63. The summed E-state index contributed by atoms with van der Waals surface area (Å²) in [5, 5.41) is 2.84. The van der Waals surface area contributed by atoms with Gasteiger partial charge in [0.15, 0.2) is 0 Å². The van der Waals surface area contributed by atoms with Crippen LogP contribution < -0.4 is 11.1 Å². The molecule has 1 atom stereocenters. The molecule has 0 aromatic heterocycles. The van der Waals surface area contributed by atoms with Crippen LogP contribution in [0, 0.1) is 0 Å². The number of esters is 1. The van der Waals surface area contributed by atoms with Crippen LogP contribution in [0.4, 0.5) is 0 Å². The summed E-state index contributed by atoms with van der Waals surface area (Å²) < 4.78 is 5.24. The SMILES string of the molecule is CCOC(=O)[C@@](C)(CNC(=O)c1ccccc1SCC(N)=O)c1ccccc1. The minimum Gasteiger partial charge on any atom is -0.465 e. The van der Waals surface area contributed by atoms with Gasteiger partial charge in [-0.1, -0.05) is 42.5 Å². The lowest BCUT2D eigenvalue weighted by Crippen LogP contribution is -2.45. The predicted molar refractivity (Wildman–Crippen MR) is 109 cm³/mol. The molecule has 0 aliphatic heterocycles. The van der Waals surface area contributed by atoms with E-state index in [1.54, 1.807) is 38.1 Å². The van der Waals surface area contributed by atoms with Crippen LogP contribution in [0.1, 0.15) is 29.8 Å². The van der Waals surface area contributed by atoms with Crippen molar-refractivity contribution in [2.24, 2.45) is 5.73 Å². The van der Waals surface area contributed by atoms with E-state index in [9.17, 15) is 14.4 Å². The summed E-state index contributed by atoms with van der Waals surface area (Å²) in [4.78, 5) is 37.1. The Morgan fingerprint density at radius 3 is 2.36 bits per heavy atom. The summed E-state index contributed by atoms with van der Waals surface area (Å²) in [5.74, 6) is -1.12. The fourth-order valence-corrected chi connectivity index (χ4v) is 3.46. The molecule has 0 radical (unpaired) electrons. The molecule has 0 saturated heterocycles. The molecule has 0 unspecified atom stereocenters. The fraction of sp³-hybridized carbons (Fsp3) is 0.286. The zero-order chi connectivity index (χ0) is 20.6. The number of amides is 2. The highest BCUT2D eigenvalue weighted by Gasteiger charge is 2.37. The summed E-state index contributed by atoms with van der Waals surface area (Å²) in [6.07, 6.45) is 0. The molecule has 3 N–H and O–H groups in total. The van der Waals surface area contributed by atoms with Crippen LogP contribution in [0.3, 0.4) is 0 Å². The van der Waals surface area contributed by atoms with E-state index in [-0.39, 0.29) is 24.8 Å². The smallest absolute Gasteiger partial charge is 0.318 e. The number of carbonyl (C=O) groups excluding carboxylic acids is 3. The van der Waals surface area contributed by atoms with Gasteiger partial charge >= 0.3 is 5.97 Å². The molecule has 6 nitrogen and oxygen atoms in total. The van der Waals surface area contributed by atoms with Crippen molar-refractivity contribution in [1.82, 2.24) is 5.32 Å². The van der Waals surface area contributed by atoms with E-state index in [0.29, 0.717) is 10.5 Å². The highest BCUT2D eigenvalue weighted by atomic mass is 32.2. The average Bonchev–Trinajstić information content (AvgIpc) is 2.71. The molecule has 2 rings (SSSR count). The van der Waals surface area contributed by atoms with Crippen LogP contribution >= 0.6 is 11.8 Å². The van der Waals surface area contributed by atoms with Crippen LogP contribution in [0.2, 0.25) is 0 Å². The molecule has 0 saturated carbocycles. The van der Waals surface area contributed by atoms with Crippen molar-refractivity contribution in [3.8, 4) is 0 Å². The van der Waals surface area contributed by atoms with Crippen molar-refractivity contribution < 1.29 is 19.1 Å². The zero-order valence-corrected chi connectivity index (χ0v) is 16.8. The standard InChI is InChI=1S/C21H24N2O4S/c1-3-27-20(26)21(2,15-9-5-4-6-10-15)14-23-19(25)16-11-7-8-12-17(16)28-13-18(22)24/h4-12H,3,13-14H2,1-2H3,(H2,22,24)(H,23,25)/t21-/m0/s1. The minimum atomic E-state index is -1.03. The second kappa shape index (κ2) is 9.94. The van der Waals surface area contributed by atoms with Crippen molar-refractivity contribution in [2.75, 3.05) is 18.9 Å². The Bertz CT molecular complexity index is 841. The molecule has 0 bridgehead atoms. The number of nitrogens with one attached hydrogen (secondary N) is 1. The predicted octanol–water partition coefficient (Wildman–Crippen LogP) is 2.51. The van der Waals surface area contributed by atoms with Gasteiger partial charge in [-0.2, -0.15) is 0 Å². The van der Waals surface area contributed by atoms with Crippen LogP contribution in [0.15, 0.2) is 59.5 Å². The van der Waals surface area contributed by atoms with Crippen LogP contribution in [-0.4, -0.2) is 36.7 Å². The number of carbonyl (C=O) groups is 3. The maximum absolute atomic E-state index is 12.8. The van der Waals surface area contributed by atoms with E-state index < -0.39 is 17.3 Å². The number of thioether (sulfide) groups is 1. The number of hydrogen-bond acceptors (Lipinski definition) is 5. The van der Waals surface area contributed by atoms with E-state index in [0.717, 1.165) is 5.56 Å². The monoisotopic (exact) mass is 400 g/mol. The Morgan fingerprint density at radius 2 is 1.71 bits per heavy atom. The van der Waals surface area contributed by atoms with Crippen LogP contribution in [0.5, 0.6) is 0 Å². The molecule has 2 aromatic rings. The van der Waals surface area contributed by atoms with Crippen molar-refractivity contribution in [1.29, 1.82) is 0 Å². The van der Waals surface area contributed by atoms with Crippen molar-refractivity contribution in [3.05, 3.63) is 65.7 Å². The van der Waals surface area contributed by atoms with E-state index in [4.69, 9.17) is 10.5 Å². The number of benzene rings is 2. The van der Waals surface area contributed by atoms with Gasteiger partial charge in [-0.3, -0.25) is 14.4 Å². The highest BCUT2D eigenvalue weighted by molar-refractivity contribution is 8.00. The first-order valence-corrected chi connectivity index (χ1v) is 9.88. The van der Waals surface area contributed by atoms with Gasteiger partial charge in [0.25, 0.3) is 5.91 Å². The van der Waals surface area contributed by atoms with Crippen LogP contribution in [-0.2, 0) is 19.7 Å². The normalized spacial score (nSPS) is 12.6. The van der Waals surface area contributed by atoms with Gasteiger partial charge in [0.1, 0.15) is 5.41 Å². The average molecular weight is 401 g/mol. The lowest BCUT2D eigenvalue weighted by molar-refractivity contribution is -0.149. The summed E-state index contributed by atoms with van der Waals surface area (Å²) in [7, 11) is 0. The first-order chi connectivity index (χ1) is 13.4. The number of rotatable bonds is 9. The van der Waals surface area contributed by atoms with E-state index >= 15 is 0 Å². The van der Waals surface area contributed by atoms with Crippen molar-refractivity contribution >= 4 is 29.5 Å². The van der Waals surface area contributed by atoms with E-state index in [2.05, 4.69) is 5.32 Å². The van der Waals surface area contributed by atoms with Crippen LogP contribution in [0.25, 0.3) is 0 Å². The number of primary amides is 1. The number of nitrogens with two attached hydrogens (primary N) is 1. The third kappa shape index (κ3) is 5.36. The number of ether oxygens (including phenoxy) is 1. The largest absolute Gasteiger partial charge is 0.465 e. The highest BCUT2D eigenvalue weighted by Crippen LogP contribution is 2.26. The Morgan fingerprint density at radius 1 is 1.07 bits per heavy atom. The van der Waals surface area contributed by atoms with Gasteiger partial charge in [0, 0.05) is 11.4 Å². The molecule has 2 amide bonds. The molecule has 2 aromatic carbocycles. The zero-order valence-electron chi connectivity index (χ0n) is 15.9. The first-order valence-electron chi connectivity index (χ1n) is 8.89.